The van der Waals surface area contributed by atoms with E-state index in [1.54, 1.807) is 11.8 Å². The second-order valence-electron chi connectivity index (χ2n) is 1.80. The van der Waals surface area contributed by atoms with Crippen LogP contribution in [-0.4, -0.2) is 22.2 Å². The molecule has 1 aliphatic heterocycles. The third-order valence-electron chi connectivity index (χ3n) is 1.09. The van der Waals surface area contributed by atoms with E-state index in [1.807, 2.05) is 6.07 Å². The Balaban J connectivity index is 2.15. The van der Waals surface area contributed by atoms with E-state index in [4.69, 9.17) is 10.4 Å². The molecular formula is C5H7NOS. The lowest BCUT2D eigenvalue weighted by molar-refractivity contribution is 0.189. The van der Waals surface area contributed by atoms with Gasteiger partial charge in [0.15, 0.2) is 0 Å². The third kappa shape index (κ3) is 1.39. The van der Waals surface area contributed by atoms with E-state index >= 15 is 0 Å². The van der Waals surface area contributed by atoms with Gasteiger partial charge in [-0.1, -0.05) is 0 Å². The lowest BCUT2D eigenvalue weighted by Gasteiger charge is -1.97. The minimum Gasteiger partial charge on any atom is -0.391 e. The van der Waals surface area contributed by atoms with Gasteiger partial charge in [-0.25, -0.2) is 0 Å². The van der Waals surface area contributed by atoms with Gasteiger partial charge in [-0.15, -0.1) is 0 Å². The Bertz CT molecular complexity index is 116. The Kier molecular flexibility index (Phi) is 1.77. The van der Waals surface area contributed by atoms with Crippen LogP contribution in [0.3, 0.4) is 0 Å². The second-order valence-corrected chi connectivity index (χ2v) is 3.07. The Morgan fingerprint density at radius 2 is 2.62 bits per heavy atom. The molecule has 0 spiro atoms. The number of hydrogen-bond acceptors (Lipinski definition) is 3. The van der Waals surface area contributed by atoms with Crippen molar-refractivity contribution in [2.75, 3.05) is 5.75 Å². The van der Waals surface area contributed by atoms with Crippen LogP contribution >= 0.6 is 11.8 Å². The average Bonchev–Trinajstić information content (AvgIpc) is 2.45. The molecular weight excluding hydrogens is 122 g/mol. The van der Waals surface area contributed by atoms with E-state index in [0.717, 1.165) is 5.75 Å². The van der Waals surface area contributed by atoms with Crippen molar-refractivity contribution in [2.24, 2.45) is 0 Å². The lowest BCUT2D eigenvalue weighted by Crippen LogP contribution is -2.11. The largest absolute Gasteiger partial charge is 0.391 e. The standard InChI is InChI=1S/C5H7NOS/c6-2-1-4(7)5-3-8-5/h4-5,7H,1,3H2/t4-,5?/m0/s1. The fraction of sp³-hybridized carbons (Fsp3) is 0.800. The smallest absolute Gasteiger partial charge is 0.0796 e. The van der Waals surface area contributed by atoms with Crippen LogP contribution < -0.4 is 0 Å². The summed E-state index contributed by atoms with van der Waals surface area (Å²) in [5.74, 6) is 1.03. The lowest BCUT2D eigenvalue weighted by atomic mass is 10.2. The molecule has 0 radical (unpaired) electrons. The van der Waals surface area contributed by atoms with Crippen LogP contribution in [0, 0.1) is 11.3 Å². The first-order valence-corrected chi connectivity index (χ1v) is 3.56. The van der Waals surface area contributed by atoms with Crippen molar-refractivity contribution in [1.29, 1.82) is 5.26 Å². The number of nitrogens with zero attached hydrogens (tertiary/aromatic N) is 1. The highest BCUT2D eigenvalue weighted by atomic mass is 32.2. The molecule has 8 heavy (non-hydrogen) atoms. The molecule has 1 unspecified atom stereocenters. The molecule has 1 saturated heterocycles. The van der Waals surface area contributed by atoms with Gasteiger partial charge in [0.2, 0.25) is 0 Å². The molecule has 44 valence electrons. The highest BCUT2D eigenvalue weighted by Gasteiger charge is 2.30. The monoisotopic (exact) mass is 129 g/mol. The number of hydrogen-bond donors (Lipinski definition) is 1. The predicted octanol–water partition coefficient (Wildman–Crippen LogP) is 0.376. The van der Waals surface area contributed by atoms with Gasteiger partial charge >= 0.3 is 0 Å². The van der Waals surface area contributed by atoms with Gasteiger partial charge in [0.25, 0.3) is 0 Å². The molecule has 1 fully saturated rings. The van der Waals surface area contributed by atoms with Crippen molar-refractivity contribution in [1.82, 2.24) is 0 Å². The first kappa shape index (κ1) is 5.93. The van der Waals surface area contributed by atoms with Gasteiger partial charge in [0.05, 0.1) is 18.6 Å². The predicted molar refractivity (Wildman–Crippen MR) is 32.5 cm³/mol. The van der Waals surface area contributed by atoms with E-state index < -0.39 is 0 Å². The maximum atomic E-state index is 8.95. The molecule has 3 heteroatoms. The molecule has 1 N–H and O–H groups in total. The molecule has 2 atom stereocenters. The Hall–Kier alpha value is -0.200. The normalized spacial score (nSPS) is 28.8. The molecule has 0 aromatic carbocycles. The van der Waals surface area contributed by atoms with Crippen molar-refractivity contribution in [3.63, 3.8) is 0 Å². The van der Waals surface area contributed by atoms with Crippen molar-refractivity contribution < 1.29 is 5.11 Å². The van der Waals surface area contributed by atoms with E-state index in [0.29, 0.717) is 5.25 Å². The first-order chi connectivity index (χ1) is 3.84. The SMILES string of the molecule is N#CC[C@H](O)C1CS1. The summed E-state index contributed by atoms with van der Waals surface area (Å²) in [7, 11) is 0. The zero-order valence-electron chi connectivity index (χ0n) is 4.37. The molecule has 2 nitrogen and oxygen atoms in total. The van der Waals surface area contributed by atoms with Crippen LogP contribution in [0.15, 0.2) is 0 Å². The molecule has 0 aromatic rings. The van der Waals surface area contributed by atoms with E-state index in [-0.39, 0.29) is 12.5 Å². The Morgan fingerprint density at radius 3 is 3.00 bits per heavy atom. The van der Waals surface area contributed by atoms with E-state index in [9.17, 15) is 0 Å². The number of thioether (sulfide) groups is 1. The summed E-state index contributed by atoms with van der Waals surface area (Å²) in [6.45, 7) is 0. The van der Waals surface area contributed by atoms with Gasteiger partial charge < -0.3 is 5.11 Å². The van der Waals surface area contributed by atoms with Crippen molar-refractivity contribution in [2.45, 2.75) is 17.8 Å². The summed E-state index contributed by atoms with van der Waals surface area (Å²) in [6, 6.07) is 1.93. The highest BCUT2D eigenvalue weighted by molar-refractivity contribution is 8.06. The van der Waals surface area contributed by atoms with Crippen molar-refractivity contribution in [3.05, 3.63) is 0 Å². The van der Waals surface area contributed by atoms with Gasteiger partial charge in [-0.3, -0.25) is 0 Å². The molecule has 0 amide bonds. The van der Waals surface area contributed by atoms with Crippen molar-refractivity contribution >= 4 is 11.8 Å². The van der Waals surface area contributed by atoms with E-state index in [2.05, 4.69) is 0 Å². The Morgan fingerprint density at radius 1 is 2.00 bits per heavy atom. The minimum absolute atomic E-state index is 0.289. The van der Waals surface area contributed by atoms with Crippen LogP contribution in [0.25, 0.3) is 0 Å². The van der Waals surface area contributed by atoms with Crippen LogP contribution in [-0.2, 0) is 0 Å². The maximum Gasteiger partial charge on any atom is 0.0796 e. The topological polar surface area (TPSA) is 44.0 Å². The fourth-order valence-corrected chi connectivity index (χ4v) is 1.15. The van der Waals surface area contributed by atoms with Crippen molar-refractivity contribution in [3.8, 4) is 6.07 Å². The zero-order valence-corrected chi connectivity index (χ0v) is 5.19. The second kappa shape index (κ2) is 2.38. The number of nitriles is 1. The van der Waals surface area contributed by atoms with Gasteiger partial charge in [-0.2, -0.15) is 17.0 Å². The van der Waals surface area contributed by atoms with Gasteiger partial charge in [0, 0.05) is 11.0 Å². The zero-order chi connectivity index (χ0) is 5.98. The molecule has 0 bridgehead atoms. The van der Waals surface area contributed by atoms with Crippen LogP contribution in [0.4, 0.5) is 0 Å². The molecule has 0 aromatic heterocycles. The number of rotatable bonds is 2. The molecule has 1 aliphatic rings. The summed E-state index contributed by atoms with van der Waals surface area (Å²) < 4.78 is 0. The Labute approximate surface area is 52.5 Å². The summed E-state index contributed by atoms with van der Waals surface area (Å²) in [5, 5.41) is 17.4. The summed E-state index contributed by atoms with van der Waals surface area (Å²) >= 11 is 1.72. The molecule has 0 saturated carbocycles. The minimum atomic E-state index is -0.370. The molecule has 1 rings (SSSR count). The van der Waals surface area contributed by atoms with Gasteiger partial charge in [-0.05, 0) is 0 Å². The van der Waals surface area contributed by atoms with Gasteiger partial charge in [0.1, 0.15) is 0 Å². The number of aliphatic hydroxyl groups is 1. The van der Waals surface area contributed by atoms with Crippen LogP contribution in [0.5, 0.6) is 0 Å². The average molecular weight is 129 g/mol. The highest BCUT2D eigenvalue weighted by Crippen LogP contribution is 2.33. The number of aliphatic hydroxyl groups excluding tert-OH is 1. The van der Waals surface area contributed by atoms with E-state index in [1.165, 1.54) is 0 Å². The quantitative estimate of drug-likeness (QED) is 0.548. The molecule has 1 heterocycles. The summed E-state index contributed by atoms with van der Waals surface area (Å²) in [5.41, 5.74) is 0. The first-order valence-electron chi connectivity index (χ1n) is 2.51. The third-order valence-corrected chi connectivity index (χ3v) is 2.12. The van der Waals surface area contributed by atoms with Crippen LogP contribution in [0.2, 0.25) is 0 Å². The summed E-state index contributed by atoms with van der Waals surface area (Å²) in [4.78, 5) is 0. The van der Waals surface area contributed by atoms with Crippen LogP contribution in [0.1, 0.15) is 6.42 Å². The summed E-state index contributed by atoms with van der Waals surface area (Å²) in [6.07, 6.45) is -0.0810. The maximum absolute atomic E-state index is 8.95. The molecule has 0 aliphatic carbocycles. The fourth-order valence-electron chi connectivity index (χ4n) is 0.503.